The highest BCUT2D eigenvalue weighted by Gasteiger charge is 2.34. The molecule has 0 spiro atoms. The Labute approximate surface area is 123 Å². The van der Waals surface area contributed by atoms with Crippen molar-refractivity contribution < 1.29 is 18.7 Å². The van der Waals surface area contributed by atoms with Crippen molar-refractivity contribution in [3.8, 4) is 0 Å². The minimum Gasteiger partial charge on any atom is -0.453 e. The molecule has 1 aliphatic heterocycles. The Balaban J connectivity index is 1.81. The van der Waals surface area contributed by atoms with Crippen LogP contribution in [-0.2, 0) is 16.0 Å². The molecule has 114 valence electrons. The highest BCUT2D eigenvalue weighted by Crippen LogP contribution is 2.18. The van der Waals surface area contributed by atoms with Gasteiger partial charge in [-0.25, -0.2) is 9.18 Å². The first kappa shape index (κ1) is 15.3. The van der Waals surface area contributed by atoms with Crippen LogP contribution in [0.5, 0.6) is 0 Å². The number of rotatable bonds is 4. The predicted octanol–water partition coefficient (Wildman–Crippen LogP) is 1.72. The first-order valence-corrected chi connectivity index (χ1v) is 6.98. The molecule has 1 saturated heterocycles. The standard InChI is InChI=1S/C15H19FN2O3/c1-21-15(20)18-10-2-3-13(18)14(19)17-9-8-11-4-6-12(16)7-5-11/h4-7,13H,2-3,8-10H2,1H3,(H,17,19). The number of amides is 2. The van der Waals surface area contributed by atoms with E-state index in [1.807, 2.05) is 0 Å². The predicted molar refractivity (Wildman–Crippen MR) is 75.2 cm³/mol. The number of likely N-dealkylation sites (tertiary alicyclic amines) is 1. The van der Waals surface area contributed by atoms with Crippen LogP contribution in [0.4, 0.5) is 9.18 Å². The second kappa shape index (κ2) is 7.06. The van der Waals surface area contributed by atoms with Crippen molar-refractivity contribution in [3.63, 3.8) is 0 Å². The van der Waals surface area contributed by atoms with Crippen molar-refractivity contribution in [1.82, 2.24) is 10.2 Å². The molecular formula is C15H19FN2O3. The van der Waals surface area contributed by atoms with Crippen LogP contribution in [0, 0.1) is 5.82 Å². The van der Waals surface area contributed by atoms with Crippen LogP contribution in [0.25, 0.3) is 0 Å². The monoisotopic (exact) mass is 294 g/mol. The fourth-order valence-electron chi connectivity index (χ4n) is 2.47. The van der Waals surface area contributed by atoms with E-state index in [1.165, 1.54) is 24.1 Å². The summed E-state index contributed by atoms with van der Waals surface area (Å²) in [5.74, 6) is -0.442. The van der Waals surface area contributed by atoms with Gasteiger partial charge in [-0.1, -0.05) is 12.1 Å². The molecule has 2 amide bonds. The maximum atomic E-state index is 12.8. The molecule has 1 fully saturated rings. The molecule has 1 N–H and O–H groups in total. The van der Waals surface area contributed by atoms with Crippen LogP contribution in [0.3, 0.4) is 0 Å². The fraction of sp³-hybridized carbons (Fsp3) is 0.467. The summed E-state index contributed by atoms with van der Waals surface area (Å²) in [6.07, 6.45) is 1.60. The first-order valence-electron chi connectivity index (χ1n) is 6.98. The quantitative estimate of drug-likeness (QED) is 0.920. The van der Waals surface area contributed by atoms with E-state index in [0.29, 0.717) is 25.9 Å². The van der Waals surface area contributed by atoms with Gasteiger partial charge < -0.3 is 10.1 Å². The molecule has 2 rings (SSSR count). The van der Waals surface area contributed by atoms with Crippen LogP contribution in [0.1, 0.15) is 18.4 Å². The molecule has 1 aromatic rings. The zero-order chi connectivity index (χ0) is 15.2. The molecule has 1 aliphatic rings. The maximum Gasteiger partial charge on any atom is 0.410 e. The summed E-state index contributed by atoms with van der Waals surface area (Å²) in [4.78, 5) is 25.1. The zero-order valence-electron chi connectivity index (χ0n) is 12.0. The van der Waals surface area contributed by atoms with Crippen molar-refractivity contribution in [3.05, 3.63) is 35.6 Å². The normalized spacial score (nSPS) is 17.6. The van der Waals surface area contributed by atoms with E-state index in [9.17, 15) is 14.0 Å². The average molecular weight is 294 g/mol. The van der Waals surface area contributed by atoms with Crippen LogP contribution in [-0.4, -0.2) is 43.1 Å². The van der Waals surface area contributed by atoms with Gasteiger partial charge in [0.15, 0.2) is 0 Å². The maximum absolute atomic E-state index is 12.8. The largest absolute Gasteiger partial charge is 0.453 e. The summed E-state index contributed by atoms with van der Waals surface area (Å²) in [7, 11) is 1.31. The Morgan fingerprint density at radius 3 is 2.76 bits per heavy atom. The van der Waals surface area contributed by atoms with Gasteiger partial charge in [0.2, 0.25) is 5.91 Å². The van der Waals surface area contributed by atoms with Crippen LogP contribution in [0.15, 0.2) is 24.3 Å². The van der Waals surface area contributed by atoms with E-state index in [1.54, 1.807) is 12.1 Å². The molecule has 5 nitrogen and oxygen atoms in total. The molecular weight excluding hydrogens is 275 g/mol. The SMILES string of the molecule is COC(=O)N1CCCC1C(=O)NCCc1ccc(F)cc1. The van der Waals surface area contributed by atoms with E-state index in [-0.39, 0.29) is 11.7 Å². The summed E-state index contributed by atoms with van der Waals surface area (Å²) in [5.41, 5.74) is 0.952. The molecule has 1 aromatic carbocycles. The van der Waals surface area contributed by atoms with E-state index in [4.69, 9.17) is 0 Å². The number of methoxy groups -OCH3 is 1. The van der Waals surface area contributed by atoms with Gasteiger partial charge in [0, 0.05) is 13.1 Å². The summed E-state index contributed by atoms with van der Waals surface area (Å²) in [5, 5.41) is 2.81. The molecule has 0 saturated carbocycles. The zero-order valence-corrected chi connectivity index (χ0v) is 12.0. The minimum absolute atomic E-state index is 0.167. The number of benzene rings is 1. The third-order valence-electron chi connectivity index (χ3n) is 3.59. The van der Waals surface area contributed by atoms with Crippen molar-refractivity contribution in [2.45, 2.75) is 25.3 Å². The van der Waals surface area contributed by atoms with Crippen molar-refractivity contribution >= 4 is 12.0 Å². The van der Waals surface area contributed by atoms with E-state index in [2.05, 4.69) is 10.1 Å². The smallest absolute Gasteiger partial charge is 0.410 e. The Bertz CT molecular complexity index is 504. The lowest BCUT2D eigenvalue weighted by atomic mass is 10.1. The van der Waals surface area contributed by atoms with E-state index < -0.39 is 12.1 Å². The summed E-state index contributed by atoms with van der Waals surface area (Å²) < 4.78 is 17.4. The molecule has 1 unspecified atom stereocenters. The molecule has 0 radical (unpaired) electrons. The molecule has 1 atom stereocenters. The fourth-order valence-corrected chi connectivity index (χ4v) is 2.47. The minimum atomic E-state index is -0.466. The highest BCUT2D eigenvalue weighted by atomic mass is 19.1. The van der Waals surface area contributed by atoms with Gasteiger partial charge >= 0.3 is 6.09 Å². The number of nitrogens with zero attached hydrogens (tertiary/aromatic N) is 1. The lowest BCUT2D eigenvalue weighted by molar-refractivity contribution is -0.125. The number of nitrogens with one attached hydrogen (secondary N) is 1. The second-order valence-electron chi connectivity index (χ2n) is 4.99. The Kier molecular flexibility index (Phi) is 5.14. The van der Waals surface area contributed by atoms with Crippen LogP contribution >= 0.6 is 0 Å². The van der Waals surface area contributed by atoms with E-state index in [0.717, 1.165) is 12.0 Å². The summed E-state index contributed by atoms with van der Waals surface area (Å²) in [6.45, 7) is 0.999. The first-order chi connectivity index (χ1) is 10.1. The van der Waals surface area contributed by atoms with Gasteiger partial charge in [-0.05, 0) is 37.0 Å². The highest BCUT2D eigenvalue weighted by molar-refractivity contribution is 5.86. The number of hydrogen-bond acceptors (Lipinski definition) is 3. The Morgan fingerprint density at radius 1 is 1.38 bits per heavy atom. The molecule has 21 heavy (non-hydrogen) atoms. The lowest BCUT2D eigenvalue weighted by Gasteiger charge is -2.22. The van der Waals surface area contributed by atoms with Gasteiger partial charge in [0.05, 0.1) is 7.11 Å². The number of hydrogen-bond donors (Lipinski definition) is 1. The Morgan fingerprint density at radius 2 is 2.10 bits per heavy atom. The number of ether oxygens (including phenoxy) is 1. The van der Waals surface area contributed by atoms with Gasteiger partial charge in [-0.3, -0.25) is 9.69 Å². The molecule has 0 aliphatic carbocycles. The van der Waals surface area contributed by atoms with Crippen molar-refractivity contribution in [2.24, 2.45) is 0 Å². The number of carbonyl (C=O) groups excluding carboxylic acids is 2. The molecule has 6 heteroatoms. The van der Waals surface area contributed by atoms with Crippen molar-refractivity contribution in [2.75, 3.05) is 20.2 Å². The Hall–Kier alpha value is -2.11. The van der Waals surface area contributed by atoms with Gasteiger partial charge in [0.25, 0.3) is 0 Å². The van der Waals surface area contributed by atoms with E-state index >= 15 is 0 Å². The van der Waals surface area contributed by atoms with Gasteiger partial charge in [-0.2, -0.15) is 0 Å². The molecule has 0 aromatic heterocycles. The molecule has 0 bridgehead atoms. The van der Waals surface area contributed by atoms with Crippen molar-refractivity contribution in [1.29, 1.82) is 0 Å². The summed E-state index contributed by atoms with van der Waals surface area (Å²) >= 11 is 0. The van der Waals surface area contributed by atoms with Gasteiger partial charge in [-0.15, -0.1) is 0 Å². The molecule has 1 heterocycles. The second-order valence-corrected chi connectivity index (χ2v) is 4.99. The third-order valence-corrected chi connectivity index (χ3v) is 3.59. The lowest BCUT2D eigenvalue weighted by Crippen LogP contribution is -2.46. The van der Waals surface area contributed by atoms with Crippen LogP contribution < -0.4 is 5.32 Å². The summed E-state index contributed by atoms with van der Waals surface area (Å²) in [6, 6.07) is 5.72. The third kappa shape index (κ3) is 3.93. The van der Waals surface area contributed by atoms with Crippen LogP contribution in [0.2, 0.25) is 0 Å². The topological polar surface area (TPSA) is 58.6 Å². The number of halogens is 1. The van der Waals surface area contributed by atoms with Gasteiger partial charge in [0.1, 0.15) is 11.9 Å². The number of carbonyl (C=O) groups is 2. The average Bonchev–Trinajstić information content (AvgIpc) is 2.98.